The molecule has 3 radical (unpaired) electrons. The first-order valence-electron chi connectivity index (χ1n) is 0.667. The molecule has 43 valence electrons. The number of hydrogen-bond donors (Lipinski definition) is 0. The maximum atomic E-state index is 8.52. The minimum absolute atomic E-state index is 0. The fourth-order valence-corrected chi connectivity index (χ4v) is 0. The van der Waals surface area contributed by atoms with Crippen LogP contribution in [0.25, 0.3) is 0 Å². The summed E-state index contributed by atoms with van der Waals surface area (Å²) in [5.41, 5.74) is 0. The number of hydrogen-bond acceptors (Lipinski definition) is 4. The van der Waals surface area contributed by atoms with E-state index in [1.54, 1.807) is 0 Å². The molecule has 0 bridgehead atoms. The summed E-state index contributed by atoms with van der Waals surface area (Å²) in [6.07, 6.45) is 0. The van der Waals surface area contributed by atoms with Crippen molar-refractivity contribution in [2.24, 2.45) is 0 Å². The summed E-state index contributed by atoms with van der Waals surface area (Å²) in [5, 5.41) is 0. The monoisotopic (exact) mass is 173 g/mol. The molecule has 0 aromatic heterocycles. The predicted octanol–water partition coefficient (Wildman–Crippen LogP) is -1.82. The molecule has 0 aliphatic heterocycles. The zero-order valence-corrected chi connectivity index (χ0v) is 4.55. The largest absolute Gasteiger partial charge is 3.00 e. The van der Waals surface area contributed by atoms with Crippen molar-refractivity contribution < 1.29 is 34.6 Å². The smallest absolute Gasteiger partial charge is 0.759 e. The van der Waals surface area contributed by atoms with E-state index >= 15 is 0 Å². The van der Waals surface area contributed by atoms with Crippen molar-refractivity contribution in [1.82, 2.24) is 6.15 Å². The van der Waals surface area contributed by atoms with Crippen LogP contribution in [0.4, 0.5) is 0 Å². The zero-order chi connectivity index (χ0) is 4.50. The first-order valence-corrected chi connectivity index (χ1v) is 2.00. The first-order chi connectivity index (χ1) is 2.00. The van der Waals surface area contributed by atoms with Crippen LogP contribution < -0.4 is 6.15 Å². The second-order valence-corrected chi connectivity index (χ2v) is 1.22. The van der Waals surface area contributed by atoms with Crippen LogP contribution in [0.3, 0.4) is 0 Å². The van der Waals surface area contributed by atoms with Gasteiger partial charge in [-0.2, -0.15) is 0 Å². The van der Waals surface area contributed by atoms with E-state index in [4.69, 9.17) is 17.5 Å². The molecule has 0 N–H and O–H groups in total. The fourth-order valence-electron chi connectivity index (χ4n) is 0. The van der Waals surface area contributed by atoms with Crippen molar-refractivity contribution in [3.8, 4) is 0 Å². The van der Waals surface area contributed by atoms with E-state index in [-0.39, 0.29) is 23.2 Å². The molecule has 0 aliphatic carbocycles. The minimum atomic E-state index is -5.17. The number of nitrogens with zero attached hydrogens (tertiary/aromatic N) is 1. The molecule has 0 saturated heterocycles. The van der Waals surface area contributed by atoms with Crippen molar-refractivity contribution in [2.45, 2.75) is 0 Å². The van der Waals surface area contributed by atoms with Crippen molar-refractivity contribution >= 4 is 10.4 Å². The van der Waals surface area contributed by atoms with Gasteiger partial charge < -0.3 is 9.11 Å². The minimum Gasteiger partial charge on any atom is -0.759 e. The average molecular weight is 174 g/mol. The molecule has 0 unspecified atom stereocenters. The van der Waals surface area contributed by atoms with Crippen LogP contribution in [0.5, 0.6) is 0 Å². The molecule has 0 atom stereocenters. The second kappa shape index (κ2) is 4.26. The van der Waals surface area contributed by atoms with Gasteiger partial charge in [0, 0.05) is 10.4 Å². The first kappa shape index (κ1) is 15.7. The third-order valence-electron chi connectivity index (χ3n) is 0. The van der Waals surface area contributed by atoms with Crippen molar-refractivity contribution in [1.29, 1.82) is 0 Å². The second-order valence-electron chi connectivity index (χ2n) is 0.408. The van der Waals surface area contributed by atoms with E-state index < -0.39 is 10.4 Å². The molecule has 0 aromatic rings. The van der Waals surface area contributed by atoms with Gasteiger partial charge in [0.25, 0.3) is 0 Å². The molecule has 0 fully saturated rings. The Kier molecular flexibility index (Phi) is 9.57. The van der Waals surface area contributed by atoms with E-state index in [0.29, 0.717) is 0 Å². The van der Waals surface area contributed by atoms with Gasteiger partial charge in [-0.15, -0.1) is 0 Å². The molecular formula is CuNO4S+3. The van der Waals surface area contributed by atoms with Crippen LogP contribution in [0.15, 0.2) is 0 Å². The maximum Gasteiger partial charge on any atom is 3.00 e. The van der Waals surface area contributed by atoms with Gasteiger partial charge in [0.05, 0.1) is 0 Å². The summed E-state index contributed by atoms with van der Waals surface area (Å²) in [4.78, 5) is 0. The Morgan fingerprint density at radius 1 is 1.14 bits per heavy atom. The standard InChI is InChI=1S/Cu.N.H2O4S/c;;1-5(2,3)4/h;;(H2,1,2,3,4)/q+2;+3;/p-2. The molecule has 7 heavy (non-hydrogen) atoms. The fraction of sp³-hybridized carbons (Fsp3) is 0. The van der Waals surface area contributed by atoms with Crippen LogP contribution in [0, 0.1) is 0 Å². The predicted molar refractivity (Wildman–Crippen MR) is 12.6 cm³/mol. The molecule has 0 spiro atoms. The van der Waals surface area contributed by atoms with Crippen molar-refractivity contribution in [3.05, 3.63) is 0 Å². The van der Waals surface area contributed by atoms with E-state index in [1.807, 2.05) is 0 Å². The van der Waals surface area contributed by atoms with E-state index in [2.05, 4.69) is 0 Å². The topological polar surface area (TPSA) is 111 Å². The summed E-state index contributed by atoms with van der Waals surface area (Å²) >= 11 is 0. The Bertz CT molecular complexity index is 94.9. The summed E-state index contributed by atoms with van der Waals surface area (Å²) in [6, 6.07) is 0. The normalized spacial score (nSPS) is 8.29. The van der Waals surface area contributed by atoms with Gasteiger partial charge >= 0.3 is 23.2 Å². The van der Waals surface area contributed by atoms with Gasteiger partial charge in [-0.3, -0.25) is 8.42 Å². The Morgan fingerprint density at radius 2 is 1.14 bits per heavy atom. The Hall–Kier alpha value is 0.0995. The molecule has 0 rings (SSSR count). The third-order valence-corrected chi connectivity index (χ3v) is 0. The van der Waals surface area contributed by atoms with E-state index in [1.165, 1.54) is 0 Å². The van der Waals surface area contributed by atoms with Crippen LogP contribution in [0.2, 0.25) is 0 Å². The summed E-state index contributed by atoms with van der Waals surface area (Å²) in [6.45, 7) is 0. The van der Waals surface area contributed by atoms with Crippen molar-refractivity contribution in [2.75, 3.05) is 0 Å². The molecule has 0 heterocycles. The SMILES string of the molecule is O=S(=O)([O-])[O-].[Cu+2].[N+3]. The van der Waals surface area contributed by atoms with Gasteiger partial charge in [0.15, 0.2) is 0 Å². The Balaban J connectivity index is -0.0000000800. The van der Waals surface area contributed by atoms with Crippen LogP contribution in [0.1, 0.15) is 0 Å². The van der Waals surface area contributed by atoms with Crippen LogP contribution >= 0.6 is 0 Å². The summed E-state index contributed by atoms with van der Waals surface area (Å²) in [7, 11) is -5.17. The van der Waals surface area contributed by atoms with Gasteiger partial charge in [0.1, 0.15) is 0 Å². The molecular weight excluding hydrogens is 174 g/mol. The molecule has 0 aromatic carbocycles. The van der Waals surface area contributed by atoms with E-state index in [9.17, 15) is 0 Å². The molecule has 0 amide bonds. The van der Waals surface area contributed by atoms with Gasteiger partial charge in [-0.25, -0.2) is 0 Å². The zero-order valence-electron chi connectivity index (χ0n) is 2.79. The molecule has 5 nitrogen and oxygen atoms in total. The van der Waals surface area contributed by atoms with Crippen LogP contribution in [-0.2, 0) is 27.5 Å². The quantitative estimate of drug-likeness (QED) is 0.244. The van der Waals surface area contributed by atoms with Crippen molar-refractivity contribution in [3.63, 3.8) is 0 Å². The maximum absolute atomic E-state index is 8.52. The third kappa shape index (κ3) is 10400. The number of rotatable bonds is 0. The summed E-state index contributed by atoms with van der Waals surface area (Å²) < 4.78 is 34.1. The molecule has 0 aliphatic rings. The molecule has 0 saturated carbocycles. The van der Waals surface area contributed by atoms with Gasteiger partial charge in [-0.1, -0.05) is 0 Å². The van der Waals surface area contributed by atoms with Crippen LogP contribution in [-0.4, -0.2) is 17.5 Å². The average Bonchev–Trinajstić information content (AvgIpc) is 0.722. The Labute approximate surface area is 51.7 Å². The molecule has 7 heteroatoms. The van der Waals surface area contributed by atoms with Gasteiger partial charge in [-0.05, 0) is 0 Å². The van der Waals surface area contributed by atoms with E-state index in [0.717, 1.165) is 0 Å². The Morgan fingerprint density at radius 3 is 1.14 bits per heavy atom. The summed E-state index contributed by atoms with van der Waals surface area (Å²) in [5.74, 6) is 0. The van der Waals surface area contributed by atoms with Gasteiger partial charge in [0.2, 0.25) is 0 Å².